The van der Waals surface area contributed by atoms with Crippen molar-refractivity contribution in [1.82, 2.24) is 9.97 Å². The van der Waals surface area contributed by atoms with Gasteiger partial charge in [-0.2, -0.15) is 0 Å². The smallest absolute Gasteiger partial charge is 0.323 e. The predicted molar refractivity (Wildman–Crippen MR) is 64.4 cm³/mol. The van der Waals surface area contributed by atoms with Gasteiger partial charge < -0.3 is 15.5 Å². The Labute approximate surface area is 99.0 Å². The number of rotatable bonds is 4. The van der Waals surface area contributed by atoms with Crippen molar-refractivity contribution in [2.24, 2.45) is 5.73 Å². The number of carbonyl (C=O) groups excluding carboxylic acids is 1. The van der Waals surface area contributed by atoms with Gasteiger partial charge in [-0.3, -0.25) is 4.79 Å². The van der Waals surface area contributed by atoms with Gasteiger partial charge in [0.15, 0.2) is 0 Å². The molecule has 90 valence electrons. The van der Waals surface area contributed by atoms with Crippen molar-refractivity contribution in [2.75, 3.05) is 6.61 Å². The van der Waals surface area contributed by atoms with E-state index >= 15 is 0 Å². The second-order valence-corrected chi connectivity index (χ2v) is 3.78. The van der Waals surface area contributed by atoms with E-state index in [2.05, 4.69) is 9.97 Å². The first-order valence-corrected chi connectivity index (χ1v) is 5.55. The Morgan fingerprint density at radius 2 is 2.47 bits per heavy atom. The van der Waals surface area contributed by atoms with E-state index in [0.717, 1.165) is 16.6 Å². The van der Waals surface area contributed by atoms with E-state index in [9.17, 15) is 4.79 Å². The van der Waals surface area contributed by atoms with Crippen molar-refractivity contribution in [2.45, 2.75) is 19.4 Å². The Morgan fingerprint density at radius 3 is 3.24 bits per heavy atom. The molecule has 2 rings (SSSR count). The standard InChI is InChI=1S/C12H15N3O2/c1-2-17-12(16)10(13)6-8-7-15-11-9(8)4-3-5-14-11/h3-5,7,10H,2,6,13H2,1H3,(H,14,15). The molecule has 2 aromatic rings. The van der Waals surface area contributed by atoms with E-state index in [1.54, 1.807) is 13.1 Å². The number of H-pyrrole nitrogens is 1. The van der Waals surface area contributed by atoms with Crippen LogP contribution in [-0.2, 0) is 16.0 Å². The average Bonchev–Trinajstić information content (AvgIpc) is 2.73. The van der Waals surface area contributed by atoms with Crippen molar-refractivity contribution >= 4 is 17.0 Å². The number of nitrogens with zero attached hydrogens (tertiary/aromatic N) is 1. The van der Waals surface area contributed by atoms with E-state index in [4.69, 9.17) is 10.5 Å². The summed E-state index contributed by atoms with van der Waals surface area (Å²) in [4.78, 5) is 18.7. The van der Waals surface area contributed by atoms with Gasteiger partial charge in [-0.25, -0.2) is 4.98 Å². The van der Waals surface area contributed by atoms with Crippen LogP contribution in [0.3, 0.4) is 0 Å². The molecule has 2 aromatic heterocycles. The van der Waals surface area contributed by atoms with Crippen LogP contribution in [0.1, 0.15) is 12.5 Å². The van der Waals surface area contributed by atoms with E-state index in [1.807, 2.05) is 18.3 Å². The number of carbonyl (C=O) groups is 1. The van der Waals surface area contributed by atoms with E-state index in [-0.39, 0.29) is 5.97 Å². The minimum atomic E-state index is -0.630. The lowest BCUT2D eigenvalue weighted by molar-refractivity contribution is -0.144. The normalized spacial score (nSPS) is 12.6. The Morgan fingerprint density at radius 1 is 1.65 bits per heavy atom. The largest absolute Gasteiger partial charge is 0.465 e. The highest BCUT2D eigenvalue weighted by atomic mass is 16.5. The Kier molecular flexibility index (Phi) is 3.39. The first kappa shape index (κ1) is 11.6. The maximum atomic E-state index is 11.4. The Bertz CT molecular complexity index is 521. The van der Waals surface area contributed by atoms with Crippen LogP contribution in [0.25, 0.3) is 11.0 Å². The number of pyridine rings is 1. The third-order valence-corrected chi connectivity index (χ3v) is 2.57. The van der Waals surface area contributed by atoms with Gasteiger partial charge in [-0.15, -0.1) is 0 Å². The molecule has 5 heteroatoms. The lowest BCUT2D eigenvalue weighted by atomic mass is 10.1. The van der Waals surface area contributed by atoms with E-state index in [0.29, 0.717) is 13.0 Å². The monoisotopic (exact) mass is 233 g/mol. The molecule has 0 radical (unpaired) electrons. The summed E-state index contributed by atoms with van der Waals surface area (Å²) in [7, 11) is 0. The van der Waals surface area contributed by atoms with Crippen LogP contribution in [-0.4, -0.2) is 28.6 Å². The highest BCUT2D eigenvalue weighted by Gasteiger charge is 2.17. The first-order chi connectivity index (χ1) is 8.22. The molecule has 1 unspecified atom stereocenters. The van der Waals surface area contributed by atoms with Crippen LogP contribution >= 0.6 is 0 Å². The first-order valence-electron chi connectivity index (χ1n) is 5.55. The molecule has 17 heavy (non-hydrogen) atoms. The Balaban J connectivity index is 2.16. The van der Waals surface area contributed by atoms with Gasteiger partial charge in [-0.05, 0) is 24.6 Å². The fourth-order valence-electron chi connectivity index (χ4n) is 1.75. The topological polar surface area (TPSA) is 81.0 Å². The second kappa shape index (κ2) is 4.97. The molecule has 2 heterocycles. The van der Waals surface area contributed by atoms with E-state index in [1.165, 1.54) is 0 Å². The number of ether oxygens (including phenoxy) is 1. The van der Waals surface area contributed by atoms with Gasteiger partial charge in [0.05, 0.1) is 6.61 Å². The molecule has 5 nitrogen and oxygen atoms in total. The molecule has 0 aliphatic carbocycles. The lowest BCUT2D eigenvalue weighted by Crippen LogP contribution is -2.34. The zero-order valence-corrected chi connectivity index (χ0v) is 9.64. The number of nitrogens with one attached hydrogen (secondary N) is 1. The fourth-order valence-corrected chi connectivity index (χ4v) is 1.75. The molecule has 0 bridgehead atoms. The van der Waals surface area contributed by atoms with Crippen LogP contribution in [0.4, 0.5) is 0 Å². The number of nitrogens with two attached hydrogens (primary N) is 1. The Hall–Kier alpha value is -1.88. The minimum Gasteiger partial charge on any atom is -0.465 e. The number of aromatic amines is 1. The third-order valence-electron chi connectivity index (χ3n) is 2.57. The molecule has 1 atom stereocenters. The molecular formula is C12H15N3O2. The molecule has 0 amide bonds. The number of fused-ring (bicyclic) bond motifs is 1. The molecule has 0 saturated carbocycles. The molecular weight excluding hydrogens is 218 g/mol. The maximum absolute atomic E-state index is 11.4. The highest BCUT2D eigenvalue weighted by molar-refractivity contribution is 5.81. The van der Waals surface area contributed by atoms with Gasteiger partial charge in [0.25, 0.3) is 0 Å². The van der Waals surface area contributed by atoms with Gasteiger partial charge >= 0.3 is 5.97 Å². The maximum Gasteiger partial charge on any atom is 0.323 e. The fraction of sp³-hybridized carbons (Fsp3) is 0.333. The summed E-state index contributed by atoms with van der Waals surface area (Å²) in [6.07, 6.45) is 4.00. The van der Waals surface area contributed by atoms with Crippen LogP contribution in [0.5, 0.6) is 0 Å². The number of esters is 1. The molecule has 0 saturated heterocycles. The van der Waals surface area contributed by atoms with Crippen LogP contribution in [0.2, 0.25) is 0 Å². The minimum absolute atomic E-state index is 0.349. The van der Waals surface area contributed by atoms with Gasteiger partial charge in [0, 0.05) is 24.2 Å². The number of hydrogen-bond acceptors (Lipinski definition) is 4. The molecule has 0 fully saturated rings. The number of aromatic nitrogens is 2. The summed E-state index contributed by atoms with van der Waals surface area (Å²) in [5.41, 5.74) is 7.56. The van der Waals surface area contributed by atoms with Crippen LogP contribution in [0, 0.1) is 0 Å². The van der Waals surface area contributed by atoms with Gasteiger partial charge in [0.2, 0.25) is 0 Å². The van der Waals surface area contributed by atoms with E-state index < -0.39 is 6.04 Å². The summed E-state index contributed by atoms with van der Waals surface area (Å²) in [6.45, 7) is 2.11. The van der Waals surface area contributed by atoms with Gasteiger partial charge in [0.1, 0.15) is 11.7 Å². The number of hydrogen-bond donors (Lipinski definition) is 2. The molecule has 3 N–H and O–H groups in total. The molecule has 0 aliphatic rings. The van der Waals surface area contributed by atoms with Crippen molar-refractivity contribution in [3.8, 4) is 0 Å². The average molecular weight is 233 g/mol. The van der Waals surface area contributed by atoms with Gasteiger partial charge in [-0.1, -0.05) is 0 Å². The van der Waals surface area contributed by atoms with Crippen molar-refractivity contribution in [3.63, 3.8) is 0 Å². The highest BCUT2D eigenvalue weighted by Crippen LogP contribution is 2.16. The zero-order valence-electron chi connectivity index (χ0n) is 9.64. The quantitative estimate of drug-likeness (QED) is 0.772. The predicted octanol–water partition coefficient (Wildman–Crippen LogP) is 0.996. The SMILES string of the molecule is CCOC(=O)C(N)Cc1c[nH]c2ncccc12. The summed E-state index contributed by atoms with van der Waals surface area (Å²) in [5.74, 6) is -0.370. The van der Waals surface area contributed by atoms with Crippen molar-refractivity contribution in [1.29, 1.82) is 0 Å². The second-order valence-electron chi connectivity index (χ2n) is 3.78. The van der Waals surface area contributed by atoms with Crippen molar-refractivity contribution in [3.05, 3.63) is 30.1 Å². The van der Waals surface area contributed by atoms with Crippen LogP contribution < -0.4 is 5.73 Å². The summed E-state index contributed by atoms with van der Waals surface area (Å²) in [5, 5.41) is 0.993. The zero-order chi connectivity index (χ0) is 12.3. The third kappa shape index (κ3) is 2.45. The molecule has 0 aromatic carbocycles. The summed E-state index contributed by atoms with van der Waals surface area (Å²) < 4.78 is 4.87. The summed E-state index contributed by atoms with van der Waals surface area (Å²) in [6, 6.07) is 3.18. The van der Waals surface area contributed by atoms with Crippen molar-refractivity contribution < 1.29 is 9.53 Å². The van der Waals surface area contributed by atoms with Crippen LogP contribution in [0.15, 0.2) is 24.5 Å². The summed E-state index contributed by atoms with van der Waals surface area (Å²) >= 11 is 0. The lowest BCUT2D eigenvalue weighted by Gasteiger charge is -2.09. The molecule has 0 spiro atoms. The molecule has 0 aliphatic heterocycles.